The first kappa shape index (κ1) is 12.4. The number of pyridine rings is 1. The first-order chi connectivity index (χ1) is 8.35. The number of hydrogen-bond donors (Lipinski definition) is 1. The van der Waals surface area contributed by atoms with Gasteiger partial charge in [-0.1, -0.05) is 6.92 Å². The molecule has 0 radical (unpaired) electrons. The van der Waals surface area contributed by atoms with Crippen LogP contribution in [0.2, 0.25) is 0 Å². The zero-order valence-corrected chi connectivity index (χ0v) is 10.8. The molecule has 1 fully saturated rings. The Labute approximate surface area is 104 Å². The Balaban J connectivity index is 1.91. The van der Waals surface area contributed by atoms with Crippen molar-refractivity contribution in [2.75, 3.05) is 13.7 Å². The molecule has 94 valence electrons. The van der Waals surface area contributed by atoms with Crippen molar-refractivity contribution in [3.8, 4) is 5.75 Å². The van der Waals surface area contributed by atoms with E-state index < -0.39 is 0 Å². The lowest BCUT2D eigenvalue weighted by molar-refractivity contribution is 0.399. The van der Waals surface area contributed by atoms with Gasteiger partial charge in [-0.15, -0.1) is 0 Å². The third kappa shape index (κ3) is 3.43. The molecule has 1 heterocycles. The zero-order chi connectivity index (χ0) is 12.1. The van der Waals surface area contributed by atoms with E-state index >= 15 is 0 Å². The average molecular weight is 234 g/mol. The van der Waals surface area contributed by atoms with E-state index in [-0.39, 0.29) is 0 Å². The minimum Gasteiger partial charge on any atom is -0.495 e. The van der Waals surface area contributed by atoms with Crippen LogP contribution in [0, 0.1) is 5.92 Å². The number of ether oxygens (including phenoxy) is 1. The van der Waals surface area contributed by atoms with Gasteiger partial charge in [-0.2, -0.15) is 0 Å². The Morgan fingerprint density at radius 3 is 3.00 bits per heavy atom. The number of nitrogens with zero attached hydrogens (tertiary/aromatic N) is 1. The van der Waals surface area contributed by atoms with Crippen molar-refractivity contribution in [3.63, 3.8) is 0 Å². The molecule has 0 aromatic carbocycles. The molecule has 1 atom stereocenters. The number of rotatable bonds is 7. The van der Waals surface area contributed by atoms with Gasteiger partial charge in [0, 0.05) is 12.2 Å². The van der Waals surface area contributed by atoms with Crippen molar-refractivity contribution < 1.29 is 4.74 Å². The van der Waals surface area contributed by atoms with Gasteiger partial charge in [0.05, 0.1) is 12.8 Å². The summed E-state index contributed by atoms with van der Waals surface area (Å²) in [5, 5.41) is 3.58. The van der Waals surface area contributed by atoms with E-state index in [2.05, 4.69) is 17.2 Å². The molecule has 0 amide bonds. The number of nitrogens with one attached hydrogen (secondary N) is 1. The van der Waals surface area contributed by atoms with Crippen molar-refractivity contribution in [1.29, 1.82) is 0 Å². The third-order valence-corrected chi connectivity index (χ3v) is 3.42. The van der Waals surface area contributed by atoms with Gasteiger partial charge >= 0.3 is 0 Å². The standard InChI is InChI=1S/C14H22N2O/c1-3-15-12(11-6-7-11)8-9-13-14(17-2)5-4-10-16-13/h4-5,10-12,15H,3,6-9H2,1-2H3. The van der Waals surface area contributed by atoms with Crippen molar-refractivity contribution in [2.45, 2.75) is 38.6 Å². The maximum absolute atomic E-state index is 5.33. The van der Waals surface area contributed by atoms with Crippen molar-refractivity contribution in [3.05, 3.63) is 24.0 Å². The van der Waals surface area contributed by atoms with E-state index in [4.69, 9.17) is 4.74 Å². The fraction of sp³-hybridized carbons (Fsp3) is 0.643. The first-order valence-corrected chi connectivity index (χ1v) is 6.56. The van der Waals surface area contributed by atoms with Crippen LogP contribution in [0.5, 0.6) is 5.75 Å². The molecule has 1 aliphatic carbocycles. The lowest BCUT2D eigenvalue weighted by Gasteiger charge is -2.17. The molecule has 1 aliphatic rings. The van der Waals surface area contributed by atoms with Gasteiger partial charge in [-0.05, 0) is 50.3 Å². The van der Waals surface area contributed by atoms with Crippen LogP contribution in [0.15, 0.2) is 18.3 Å². The van der Waals surface area contributed by atoms with Crippen LogP contribution in [0.4, 0.5) is 0 Å². The van der Waals surface area contributed by atoms with Gasteiger partial charge < -0.3 is 10.1 Å². The molecule has 1 aromatic heterocycles. The zero-order valence-electron chi connectivity index (χ0n) is 10.8. The largest absolute Gasteiger partial charge is 0.495 e. The molecule has 0 spiro atoms. The highest BCUT2D eigenvalue weighted by atomic mass is 16.5. The summed E-state index contributed by atoms with van der Waals surface area (Å²) in [6.45, 7) is 3.23. The SMILES string of the molecule is CCNC(CCc1ncccc1OC)C1CC1. The normalized spacial score (nSPS) is 16.8. The van der Waals surface area contributed by atoms with Crippen LogP contribution in [-0.2, 0) is 6.42 Å². The molecule has 1 aromatic rings. The molecule has 1 N–H and O–H groups in total. The maximum Gasteiger partial charge on any atom is 0.140 e. The summed E-state index contributed by atoms with van der Waals surface area (Å²) in [4.78, 5) is 4.41. The van der Waals surface area contributed by atoms with E-state index in [1.54, 1.807) is 7.11 Å². The van der Waals surface area contributed by atoms with Gasteiger partial charge in [0.2, 0.25) is 0 Å². The summed E-state index contributed by atoms with van der Waals surface area (Å²) in [6.07, 6.45) is 6.77. The second-order valence-electron chi connectivity index (χ2n) is 4.69. The number of methoxy groups -OCH3 is 1. The Morgan fingerprint density at radius 2 is 2.35 bits per heavy atom. The molecule has 3 heteroatoms. The molecule has 3 nitrogen and oxygen atoms in total. The lowest BCUT2D eigenvalue weighted by Crippen LogP contribution is -2.31. The summed E-state index contributed by atoms with van der Waals surface area (Å²) in [5.74, 6) is 1.81. The van der Waals surface area contributed by atoms with E-state index in [0.29, 0.717) is 6.04 Å². The Bertz CT molecular complexity index is 350. The monoisotopic (exact) mass is 234 g/mol. The van der Waals surface area contributed by atoms with Crippen LogP contribution >= 0.6 is 0 Å². The first-order valence-electron chi connectivity index (χ1n) is 6.56. The predicted molar refractivity (Wildman–Crippen MR) is 69.3 cm³/mol. The van der Waals surface area contributed by atoms with Gasteiger partial charge in [-0.25, -0.2) is 0 Å². The maximum atomic E-state index is 5.33. The fourth-order valence-electron chi connectivity index (χ4n) is 2.35. The molecule has 2 rings (SSSR count). The summed E-state index contributed by atoms with van der Waals surface area (Å²) < 4.78 is 5.33. The summed E-state index contributed by atoms with van der Waals surface area (Å²) in [7, 11) is 1.71. The fourth-order valence-corrected chi connectivity index (χ4v) is 2.35. The molecule has 1 unspecified atom stereocenters. The summed E-state index contributed by atoms with van der Waals surface area (Å²) in [5.41, 5.74) is 1.08. The molecule has 1 saturated carbocycles. The number of hydrogen-bond acceptors (Lipinski definition) is 3. The van der Waals surface area contributed by atoms with Crippen LogP contribution < -0.4 is 10.1 Å². The predicted octanol–water partition coefficient (Wildman–Crippen LogP) is 2.41. The lowest BCUT2D eigenvalue weighted by atomic mass is 10.0. The van der Waals surface area contributed by atoms with E-state index in [1.165, 1.54) is 12.8 Å². The van der Waals surface area contributed by atoms with Crippen LogP contribution in [0.1, 0.15) is 31.9 Å². The van der Waals surface area contributed by atoms with Gasteiger partial charge in [0.25, 0.3) is 0 Å². The highest BCUT2D eigenvalue weighted by molar-refractivity contribution is 5.26. The summed E-state index contributed by atoms with van der Waals surface area (Å²) in [6, 6.07) is 4.57. The van der Waals surface area contributed by atoms with Crippen LogP contribution in [0.3, 0.4) is 0 Å². The molecule has 17 heavy (non-hydrogen) atoms. The van der Waals surface area contributed by atoms with Gasteiger partial charge in [0.15, 0.2) is 0 Å². The Morgan fingerprint density at radius 1 is 1.53 bits per heavy atom. The van der Waals surface area contributed by atoms with Crippen molar-refractivity contribution in [1.82, 2.24) is 10.3 Å². The van der Waals surface area contributed by atoms with Gasteiger partial charge in [0.1, 0.15) is 5.75 Å². The second kappa shape index (κ2) is 6.01. The topological polar surface area (TPSA) is 34.2 Å². The number of aromatic nitrogens is 1. The van der Waals surface area contributed by atoms with Crippen LogP contribution in [0.25, 0.3) is 0 Å². The molecule has 0 aliphatic heterocycles. The van der Waals surface area contributed by atoms with Crippen molar-refractivity contribution >= 4 is 0 Å². The van der Waals surface area contributed by atoms with Crippen LogP contribution in [-0.4, -0.2) is 24.7 Å². The Kier molecular flexibility index (Phi) is 4.37. The smallest absolute Gasteiger partial charge is 0.140 e. The molecule has 0 saturated heterocycles. The van der Waals surface area contributed by atoms with Crippen molar-refractivity contribution in [2.24, 2.45) is 5.92 Å². The minimum absolute atomic E-state index is 0.659. The number of aryl methyl sites for hydroxylation is 1. The molecule has 0 bridgehead atoms. The molecular formula is C14H22N2O. The molecular weight excluding hydrogens is 212 g/mol. The highest BCUT2D eigenvalue weighted by Crippen LogP contribution is 2.34. The summed E-state index contributed by atoms with van der Waals surface area (Å²) >= 11 is 0. The Hall–Kier alpha value is -1.09. The average Bonchev–Trinajstić information content (AvgIpc) is 3.19. The highest BCUT2D eigenvalue weighted by Gasteiger charge is 2.30. The minimum atomic E-state index is 0.659. The third-order valence-electron chi connectivity index (χ3n) is 3.42. The second-order valence-corrected chi connectivity index (χ2v) is 4.69. The van der Waals surface area contributed by atoms with E-state index in [9.17, 15) is 0 Å². The van der Waals surface area contributed by atoms with Gasteiger partial charge in [-0.3, -0.25) is 4.98 Å². The quantitative estimate of drug-likeness (QED) is 0.786. The van der Waals surface area contributed by atoms with E-state index in [1.807, 2.05) is 18.3 Å². The van der Waals surface area contributed by atoms with E-state index in [0.717, 1.165) is 36.7 Å².